The van der Waals surface area contributed by atoms with Crippen molar-refractivity contribution in [2.75, 3.05) is 13.2 Å². The predicted molar refractivity (Wildman–Crippen MR) is 42.3 cm³/mol. The van der Waals surface area contributed by atoms with E-state index in [2.05, 4.69) is 9.47 Å². The molecule has 0 bridgehead atoms. The number of alkyl halides is 6. The van der Waals surface area contributed by atoms with Gasteiger partial charge in [0.15, 0.2) is 0 Å². The minimum atomic E-state index is -4.48. The molecular formula is C8H8F6O2. The molecular weight excluding hydrogens is 242 g/mol. The van der Waals surface area contributed by atoms with Crippen LogP contribution in [0.3, 0.4) is 0 Å². The van der Waals surface area contributed by atoms with Crippen molar-refractivity contribution >= 4 is 0 Å². The summed E-state index contributed by atoms with van der Waals surface area (Å²) in [6.07, 6.45) is -8.43. The van der Waals surface area contributed by atoms with Gasteiger partial charge in [-0.1, -0.05) is 0 Å². The minimum Gasteiger partial charge on any atom is -0.498 e. The van der Waals surface area contributed by atoms with Crippen LogP contribution in [0.4, 0.5) is 26.3 Å². The van der Waals surface area contributed by atoms with Gasteiger partial charge >= 0.3 is 12.4 Å². The van der Waals surface area contributed by atoms with E-state index >= 15 is 0 Å². The lowest BCUT2D eigenvalue weighted by Gasteiger charge is -2.02. The van der Waals surface area contributed by atoms with Crippen LogP contribution in [-0.2, 0) is 9.47 Å². The molecule has 0 aromatic rings. The van der Waals surface area contributed by atoms with E-state index in [4.69, 9.17) is 0 Å². The minimum absolute atomic E-state index is 0.140. The summed E-state index contributed by atoms with van der Waals surface area (Å²) in [5.41, 5.74) is 0. The number of hydrogen-bond acceptors (Lipinski definition) is 2. The Morgan fingerprint density at radius 2 is 1.00 bits per heavy atom. The molecule has 0 amide bonds. The maximum atomic E-state index is 11.5. The molecule has 8 heteroatoms. The van der Waals surface area contributed by atoms with E-state index in [0.29, 0.717) is 12.5 Å². The first-order valence-corrected chi connectivity index (χ1v) is 3.93. The Morgan fingerprint density at radius 1 is 0.688 bits per heavy atom. The fraction of sp³-hybridized carbons (Fsp3) is 0.500. The normalized spacial score (nSPS) is 13.6. The molecule has 0 atom stereocenters. The fourth-order valence-corrected chi connectivity index (χ4v) is 0.483. The summed E-state index contributed by atoms with van der Waals surface area (Å²) in [6.45, 7) is -0.566. The van der Waals surface area contributed by atoms with Gasteiger partial charge in [-0.25, -0.2) is 0 Å². The standard InChI is InChI=1S/C8H8F6O2/c9-7(10,11)1-3-15-5-6-16-4-2-8(12,13)14/h1-4H,5-6H2. The van der Waals surface area contributed by atoms with Crippen LogP contribution in [0.25, 0.3) is 0 Å². The molecule has 0 aromatic heterocycles. The first-order chi connectivity index (χ1) is 7.21. The second-order valence-electron chi connectivity index (χ2n) is 2.43. The fourth-order valence-electron chi connectivity index (χ4n) is 0.483. The summed E-state index contributed by atoms with van der Waals surface area (Å²) in [7, 11) is 0. The average Bonchev–Trinajstić information content (AvgIpc) is 2.06. The second-order valence-corrected chi connectivity index (χ2v) is 2.43. The van der Waals surface area contributed by atoms with Gasteiger partial charge < -0.3 is 9.47 Å². The van der Waals surface area contributed by atoms with Crippen LogP contribution >= 0.6 is 0 Å². The van der Waals surface area contributed by atoms with Crippen LogP contribution < -0.4 is 0 Å². The molecule has 0 aromatic carbocycles. The molecule has 0 aliphatic rings. The van der Waals surface area contributed by atoms with Crippen molar-refractivity contribution in [3.8, 4) is 0 Å². The number of allylic oxidation sites excluding steroid dienone is 2. The lowest BCUT2D eigenvalue weighted by Crippen LogP contribution is -2.04. The van der Waals surface area contributed by atoms with Gasteiger partial charge in [0.05, 0.1) is 24.7 Å². The van der Waals surface area contributed by atoms with Gasteiger partial charge in [-0.2, -0.15) is 26.3 Å². The first-order valence-electron chi connectivity index (χ1n) is 3.93. The molecule has 0 aliphatic heterocycles. The quantitative estimate of drug-likeness (QED) is 0.424. The summed E-state index contributed by atoms with van der Waals surface area (Å²) >= 11 is 0. The summed E-state index contributed by atoms with van der Waals surface area (Å²) in [5.74, 6) is 0. The lowest BCUT2D eigenvalue weighted by molar-refractivity contribution is -0.0834. The Hall–Kier alpha value is -1.34. The van der Waals surface area contributed by atoms with Crippen molar-refractivity contribution in [2.45, 2.75) is 12.4 Å². The van der Waals surface area contributed by atoms with Gasteiger partial charge in [0.2, 0.25) is 0 Å². The zero-order valence-electron chi connectivity index (χ0n) is 7.81. The summed E-state index contributed by atoms with van der Waals surface area (Å²) in [4.78, 5) is 0. The van der Waals surface area contributed by atoms with Crippen LogP contribution in [-0.4, -0.2) is 25.6 Å². The maximum absolute atomic E-state index is 11.5. The molecule has 2 nitrogen and oxygen atoms in total. The molecule has 0 saturated carbocycles. The topological polar surface area (TPSA) is 18.5 Å². The van der Waals surface area contributed by atoms with Crippen molar-refractivity contribution in [1.29, 1.82) is 0 Å². The third-order valence-electron chi connectivity index (χ3n) is 1.03. The molecule has 0 N–H and O–H groups in total. The molecule has 0 unspecified atom stereocenters. The molecule has 0 spiro atoms. The van der Waals surface area contributed by atoms with Gasteiger partial charge in [0.1, 0.15) is 13.2 Å². The average molecular weight is 250 g/mol. The van der Waals surface area contributed by atoms with Crippen LogP contribution in [0.1, 0.15) is 0 Å². The molecule has 94 valence electrons. The van der Waals surface area contributed by atoms with Crippen molar-refractivity contribution < 1.29 is 35.8 Å². The molecule has 0 radical (unpaired) electrons. The van der Waals surface area contributed by atoms with Crippen LogP contribution in [0.5, 0.6) is 0 Å². The SMILES string of the molecule is FC(F)(F)C=COCCOC=CC(F)(F)F. The van der Waals surface area contributed by atoms with E-state index < -0.39 is 12.4 Å². The monoisotopic (exact) mass is 250 g/mol. The number of ether oxygens (including phenoxy) is 2. The summed E-state index contributed by atoms with van der Waals surface area (Å²) in [5, 5.41) is 0. The number of hydrogen-bond donors (Lipinski definition) is 0. The van der Waals surface area contributed by atoms with Crippen molar-refractivity contribution in [3.05, 3.63) is 24.7 Å². The third kappa shape index (κ3) is 12.7. The maximum Gasteiger partial charge on any atom is 0.412 e. The van der Waals surface area contributed by atoms with Crippen LogP contribution in [0.2, 0.25) is 0 Å². The van der Waals surface area contributed by atoms with Crippen molar-refractivity contribution in [3.63, 3.8) is 0 Å². The Balaban J connectivity index is 3.49. The van der Waals surface area contributed by atoms with E-state index in [-0.39, 0.29) is 25.4 Å². The second kappa shape index (κ2) is 6.29. The molecule has 0 aliphatic carbocycles. The molecule has 0 rings (SSSR count). The van der Waals surface area contributed by atoms with E-state index in [0.717, 1.165) is 0 Å². The van der Waals surface area contributed by atoms with Gasteiger partial charge in [-0.05, 0) is 0 Å². The highest BCUT2D eigenvalue weighted by atomic mass is 19.4. The molecule has 0 heterocycles. The molecule has 0 fully saturated rings. The van der Waals surface area contributed by atoms with Gasteiger partial charge in [0.25, 0.3) is 0 Å². The highest BCUT2D eigenvalue weighted by Crippen LogP contribution is 2.16. The molecule has 16 heavy (non-hydrogen) atoms. The van der Waals surface area contributed by atoms with Crippen molar-refractivity contribution in [1.82, 2.24) is 0 Å². The summed E-state index contributed by atoms with van der Waals surface area (Å²) in [6, 6.07) is 0. The Labute approximate surface area is 87.1 Å². The highest BCUT2D eigenvalue weighted by molar-refractivity contribution is 4.83. The van der Waals surface area contributed by atoms with E-state index in [1.165, 1.54) is 0 Å². The Morgan fingerprint density at radius 3 is 1.25 bits per heavy atom. The zero-order chi connectivity index (χ0) is 12.7. The van der Waals surface area contributed by atoms with Crippen LogP contribution in [0.15, 0.2) is 24.7 Å². The highest BCUT2D eigenvalue weighted by Gasteiger charge is 2.22. The van der Waals surface area contributed by atoms with Gasteiger partial charge in [-0.3, -0.25) is 0 Å². The van der Waals surface area contributed by atoms with Gasteiger partial charge in [0, 0.05) is 0 Å². The Kier molecular flexibility index (Phi) is 5.76. The third-order valence-corrected chi connectivity index (χ3v) is 1.03. The van der Waals surface area contributed by atoms with E-state index in [1.807, 2.05) is 0 Å². The number of rotatable bonds is 5. The van der Waals surface area contributed by atoms with Crippen LogP contribution in [0, 0.1) is 0 Å². The lowest BCUT2D eigenvalue weighted by atomic mass is 10.6. The first kappa shape index (κ1) is 14.7. The molecule has 0 saturated heterocycles. The van der Waals surface area contributed by atoms with Crippen molar-refractivity contribution in [2.24, 2.45) is 0 Å². The zero-order valence-corrected chi connectivity index (χ0v) is 7.81. The van der Waals surface area contributed by atoms with Gasteiger partial charge in [-0.15, -0.1) is 0 Å². The summed E-state index contributed by atoms with van der Waals surface area (Å²) < 4.78 is 77.5. The van der Waals surface area contributed by atoms with E-state index in [1.54, 1.807) is 0 Å². The largest absolute Gasteiger partial charge is 0.498 e. The smallest absolute Gasteiger partial charge is 0.412 e. The number of halogens is 6. The Bertz CT molecular complexity index is 214. The predicted octanol–water partition coefficient (Wildman–Crippen LogP) is 3.17. The van der Waals surface area contributed by atoms with E-state index in [9.17, 15) is 26.3 Å².